The van der Waals surface area contributed by atoms with Crippen LogP contribution in [0.4, 0.5) is 5.82 Å². The molecule has 6 nitrogen and oxygen atoms in total. The van der Waals surface area contributed by atoms with Gasteiger partial charge >= 0.3 is 0 Å². The Labute approximate surface area is 183 Å². The van der Waals surface area contributed by atoms with Gasteiger partial charge in [-0.2, -0.15) is 0 Å². The van der Waals surface area contributed by atoms with Crippen molar-refractivity contribution in [1.82, 2.24) is 14.9 Å². The largest absolute Gasteiger partial charge is 0.497 e. The third kappa shape index (κ3) is 4.79. The maximum absolute atomic E-state index is 12.6. The smallest absolute Gasteiger partial charge is 0.223 e. The van der Waals surface area contributed by atoms with Crippen molar-refractivity contribution < 1.29 is 9.53 Å². The molecule has 2 aromatic carbocycles. The summed E-state index contributed by atoms with van der Waals surface area (Å²) >= 11 is 0. The van der Waals surface area contributed by atoms with Crippen LogP contribution in [-0.4, -0.2) is 54.1 Å². The Balaban J connectivity index is 1.61. The van der Waals surface area contributed by atoms with Gasteiger partial charge in [-0.05, 0) is 41.8 Å². The zero-order valence-electron chi connectivity index (χ0n) is 18.8. The molecule has 1 amide bonds. The van der Waals surface area contributed by atoms with Gasteiger partial charge in [-0.15, -0.1) is 0 Å². The number of hydrogen-bond acceptors (Lipinski definition) is 5. The van der Waals surface area contributed by atoms with E-state index in [-0.39, 0.29) is 11.3 Å². The van der Waals surface area contributed by atoms with E-state index in [9.17, 15) is 4.79 Å². The highest BCUT2D eigenvalue weighted by atomic mass is 16.5. The number of rotatable bonds is 4. The van der Waals surface area contributed by atoms with Crippen molar-refractivity contribution in [2.75, 3.05) is 38.2 Å². The van der Waals surface area contributed by atoms with Gasteiger partial charge < -0.3 is 14.5 Å². The molecule has 1 fully saturated rings. The van der Waals surface area contributed by atoms with E-state index in [1.807, 2.05) is 47.4 Å². The summed E-state index contributed by atoms with van der Waals surface area (Å²) in [5.74, 6) is 2.67. The zero-order chi connectivity index (χ0) is 22.0. The molecule has 1 aliphatic rings. The number of methoxy groups -OCH3 is 1. The highest BCUT2D eigenvalue weighted by Crippen LogP contribution is 2.29. The van der Waals surface area contributed by atoms with Crippen LogP contribution in [0.15, 0.2) is 48.5 Å². The number of amides is 1. The lowest BCUT2D eigenvalue weighted by Crippen LogP contribution is -2.49. The highest BCUT2D eigenvalue weighted by molar-refractivity contribution is 5.91. The van der Waals surface area contributed by atoms with Gasteiger partial charge in [-0.3, -0.25) is 4.79 Å². The fourth-order valence-corrected chi connectivity index (χ4v) is 3.90. The predicted molar refractivity (Wildman–Crippen MR) is 124 cm³/mol. The third-order valence-electron chi connectivity index (χ3n) is 5.54. The number of aromatic nitrogens is 2. The molecule has 0 atom stereocenters. The monoisotopic (exact) mass is 418 g/mol. The summed E-state index contributed by atoms with van der Waals surface area (Å²) in [6, 6.07) is 15.9. The number of anilines is 1. The molecule has 162 valence electrons. The van der Waals surface area contributed by atoms with Gasteiger partial charge in [0, 0.05) is 43.5 Å². The first-order valence-corrected chi connectivity index (χ1v) is 10.8. The number of benzene rings is 2. The van der Waals surface area contributed by atoms with Crippen LogP contribution in [0.3, 0.4) is 0 Å². The van der Waals surface area contributed by atoms with Gasteiger partial charge in [-0.25, -0.2) is 9.97 Å². The Morgan fingerprint density at radius 3 is 2.29 bits per heavy atom. The van der Waals surface area contributed by atoms with Crippen molar-refractivity contribution in [1.29, 1.82) is 0 Å². The molecular formula is C25H30N4O2. The Hall–Kier alpha value is -3.15. The number of nitrogens with zero attached hydrogens (tertiary/aromatic N) is 4. The van der Waals surface area contributed by atoms with Gasteiger partial charge in [0.2, 0.25) is 5.91 Å². The maximum atomic E-state index is 12.6. The predicted octanol–water partition coefficient (Wildman–Crippen LogP) is 4.39. The van der Waals surface area contributed by atoms with Crippen LogP contribution in [0.1, 0.15) is 27.2 Å². The second-order valence-electron chi connectivity index (χ2n) is 9.22. The highest BCUT2D eigenvalue weighted by Gasteiger charge is 2.26. The first-order chi connectivity index (χ1) is 14.8. The van der Waals surface area contributed by atoms with E-state index in [0.29, 0.717) is 25.3 Å². The molecule has 0 spiro atoms. The van der Waals surface area contributed by atoms with E-state index < -0.39 is 0 Å². The van der Waals surface area contributed by atoms with Crippen LogP contribution >= 0.6 is 0 Å². The quantitative estimate of drug-likeness (QED) is 0.629. The fourth-order valence-electron chi connectivity index (χ4n) is 3.90. The third-order valence-corrected chi connectivity index (χ3v) is 5.54. The van der Waals surface area contributed by atoms with Crippen molar-refractivity contribution >= 4 is 22.6 Å². The molecule has 6 heteroatoms. The van der Waals surface area contributed by atoms with E-state index in [0.717, 1.165) is 41.1 Å². The number of carbonyl (C=O) groups excluding carboxylic acids is 1. The molecule has 0 saturated carbocycles. The van der Waals surface area contributed by atoms with Crippen LogP contribution in [-0.2, 0) is 4.79 Å². The minimum absolute atomic E-state index is 0.00431. The lowest BCUT2D eigenvalue weighted by molar-refractivity contribution is -0.133. The Morgan fingerprint density at radius 1 is 0.968 bits per heavy atom. The van der Waals surface area contributed by atoms with Gasteiger partial charge in [-0.1, -0.05) is 32.9 Å². The summed E-state index contributed by atoms with van der Waals surface area (Å²) in [4.78, 5) is 26.6. The topological polar surface area (TPSA) is 58.6 Å². The Kier molecular flexibility index (Phi) is 5.81. The van der Waals surface area contributed by atoms with Crippen molar-refractivity contribution in [3.63, 3.8) is 0 Å². The second kappa shape index (κ2) is 8.53. The summed E-state index contributed by atoms with van der Waals surface area (Å²) in [7, 11) is 1.66. The number of hydrogen-bond donors (Lipinski definition) is 0. The summed E-state index contributed by atoms with van der Waals surface area (Å²) in [6.07, 6.45) is 0.574. The summed E-state index contributed by atoms with van der Waals surface area (Å²) in [5, 5.41) is 1.04. The Morgan fingerprint density at radius 2 is 1.65 bits per heavy atom. The SMILES string of the molecule is COc1ccc(-c2nc(N3CCN(C(=O)CC(C)(C)C)CC3)c3ccccc3n2)cc1. The van der Waals surface area contributed by atoms with Gasteiger partial charge in [0.05, 0.1) is 12.6 Å². The van der Waals surface area contributed by atoms with E-state index in [4.69, 9.17) is 14.7 Å². The number of para-hydroxylation sites is 1. The molecule has 0 radical (unpaired) electrons. The van der Waals surface area contributed by atoms with Crippen LogP contribution in [0, 0.1) is 5.41 Å². The zero-order valence-corrected chi connectivity index (χ0v) is 18.8. The molecule has 3 aromatic rings. The van der Waals surface area contributed by atoms with Crippen LogP contribution < -0.4 is 9.64 Å². The molecule has 2 heterocycles. The van der Waals surface area contributed by atoms with Crippen molar-refractivity contribution in [2.24, 2.45) is 5.41 Å². The molecule has 0 aliphatic carbocycles. The molecule has 1 aromatic heterocycles. The lowest BCUT2D eigenvalue weighted by atomic mass is 9.91. The molecule has 1 aliphatic heterocycles. The van der Waals surface area contributed by atoms with Crippen molar-refractivity contribution in [3.8, 4) is 17.1 Å². The second-order valence-corrected chi connectivity index (χ2v) is 9.22. The van der Waals surface area contributed by atoms with Crippen molar-refractivity contribution in [2.45, 2.75) is 27.2 Å². The standard InChI is InChI=1S/C25H30N4O2/c1-25(2,3)17-22(30)28-13-15-29(16-14-28)24-20-7-5-6-8-21(20)26-23(27-24)18-9-11-19(31-4)12-10-18/h5-12H,13-17H2,1-4H3. The number of piperazine rings is 1. The van der Waals surface area contributed by atoms with E-state index in [2.05, 4.69) is 31.7 Å². The first-order valence-electron chi connectivity index (χ1n) is 10.8. The molecule has 0 N–H and O–H groups in total. The lowest BCUT2D eigenvalue weighted by Gasteiger charge is -2.37. The molecule has 1 saturated heterocycles. The molecule has 31 heavy (non-hydrogen) atoms. The molecule has 4 rings (SSSR count). The van der Waals surface area contributed by atoms with E-state index in [1.165, 1.54) is 0 Å². The fraction of sp³-hybridized carbons (Fsp3) is 0.400. The Bertz CT molecular complexity index is 1070. The first kappa shape index (κ1) is 21.1. The van der Waals surface area contributed by atoms with Crippen molar-refractivity contribution in [3.05, 3.63) is 48.5 Å². The minimum Gasteiger partial charge on any atom is -0.497 e. The van der Waals surface area contributed by atoms with Crippen LogP contribution in [0.5, 0.6) is 5.75 Å². The average molecular weight is 419 g/mol. The van der Waals surface area contributed by atoms with Crippen LogP contribution in [0.25, 0.3) is 22.3 Å². The van der Waals surface area contributed by atoms with E-state index >= 15 is 0 Å². The maximum Gasteiger partial charge on any atom is 0.223 e. The van der Waals surface area contributed by atoms with Gasteiger partial charge in [0.15, 0.2) is 5.82 Å². The van der Waals surface area contributed by atoms with Gasteiger partial charge in [0.25, 0.3) is 0 Å². The minimum atomic E-state index is 0.00431. The van der Waals surface area contributed by atoms with E-state index in [1.54, 1.807) is 7.11 Å². The normalized spacial score (nSPS) is 14.7. The summed E-state index contributed by atoms with van der Waals surface area (Å²) in [5.41, 5.74) is 1.88. The summed E-state index contributed by atoms with van der Waals surface area (Å²) < 4.78 is 5.27. The average Bonchev–Trinajstić information content (AvgIpc) is 2.77. The number of ether oxygens (including phenoxy) is 1. The number of fused-ring (bicyclic) bond motifs is 1. The molecule has 0 bridgehead atoms. The molecule has 0 unspecified atom stereocenters. The molecular weight excluding hydrogens is 388 g/mol. The summed E-state index contributed by atoms with van der Waals surface area (Å²) in [6.45, 7) is 9.27. The van der Waals surface area contributed by atoms with Gasteiger partial charge in [0.1, 0.15) is 11.6 Å². The van der Waals surface area contributed by atoms with Crippen LogP contribution in [0.2, 0.25) is 0 Å². The number of carbonyl (C=O) groups is 1.